The van der Waals surface area contributed by atoms with Gasteiger partial charge in [-0.3, -0.25) is 0 Å². The third-order valence-electron chi connectivity index (χ3n) is 2.72. The van der Waals surface area contributed by atoms with Crippen LogP contribution in [0.4, 0.5) is 0 Å². The predicted molar refractivity (Wildman–Crippen MR) is 70.7 cm³/mol. The van der Waals surface area contributed by atoms with E-state index < -0.39 is 6.10 Å². The summed E-state index contributed by atoms with van der Waals surface area (Å²) in [6.07, 6.45) is 0.126. The van der Waals surface area contributed by atoms with Crippen molar-refractivity contribution in [2.45, 2.75) is 19.4 Å². The van der Waals surface area contributed by atoms with Gasteiger partial charge < -0.3 is 9.84 Å². The highest BCUT2D eigenvalue weighted by Gasteiger charge is 2.14. The third-order valence-corrected chi connectivity index (χ3v) is 3.62. The maximum absolute atomic E-state index is 10.2. The fourth-order valence-electron chi connectivity index (χ4n) is 1.82. The Kier molecular flexibility index (Phi) is 3.82. The van der Waals surface area contributed by atoms with E-state index in [1.165, 1.54) is 4.88 Å². The van der Waals surface area contributed by atoms with Crippen LogP contribution < -0.4 is 4.74 Å². The van der Waals surface area contributed by atoms with Crippen LogP contribution in [-0.2, 0) is 6.42 Å². The lowest BCUT2D eigenvalue weighted by Crippen LogP contribution is -2.03. The number of aliphatic hydroxyl groups excluding tert-OH is 1. The van der Waals surface area contributed by atoms with E-state index in [2.05, 4.69) is 0 Å². The summed E-state index contributed by atoms with van der Waals surface area (Å²) in [4.78, 5) is 1.18. The fourth-order valence-corrected chi connectivity index (χ4v) is 2.57. The van der Waals surface area contributed by atoms with Crippen LogP contribution in [0.5, 0.6) is 5.75 Å². The zero-order chi connectivity index (χ0) is 12.3. The molecule has 0 spiro atoms. The van der Waals surface area contributed by atoms with Crippen LogP contribution in [0.1, 0.15) is 22.1 Å². The minimum atomic E-state index is -0.510. The van der Waals surface area contributed by atoms with Crippen molar-refractivity contribution in [2.24, 2.45) is 0 Å². The first-order chi connectivity index (χ1) is 8.20. The molecular formula is C14H16O2S. The first-order valence-electron chi connectivity index (χ1n) is 5.55. The Morgan fingerprint density at radius 1 is 1.35 bits per heavy atom. The van der Waals surface area contributed by atoms with Gasteiger partial charge in [0.15, 0.2) is 0 Å². The van der Waals surface area contributed by atoms with Gasteiger partial charge in [-0.05, 0) is 30.0 Å². The number of hydrogen-bond acceptors (Lipinski definition) is 3. The molecule has 1 aromatic heterocycles. The van der Waals surface area contributed by atoms with E-state index in [1.807, 2.05) is 42.6 Å². The molecule has 0 amide bonds. The van der Waals surface area contributed by atoms with E-state index in [9.17, 15) is 5.11 Å². The molecule has 0 bridgehead atoms. The van der Waals surface area contributed by atoms with E-state index in [0.29, 0.717) is 6.42 Å². The highest BCUT2D eigenvalue weighted by molar-refractivity contribution is 7.09. The Balaban J connectivity index is 2.21. The largest absolute Gasteiger partial charge is 0.496 e. The molecule has 0 radical (unpaired) electrons. The Morgan fingerprint density at radius 3 is 2.82 bits per heavy atom. The van der Waals surface area contributed by atoms with E-state index in [1.54, 1.807) is 18.4 Å². The zero-order valence-corrected chi connectivity index (χ0v) is 10.8. The molecule has 1 N–H and O–H groups in total. The van der Waals surface area contributed by atoms with Gasteiger partial charge in [0, 0.05) is 16.9 Å². The van der Waals surface area contributed by atoms with Gasteiger partial charge >= 0.3 is 0 Å². The number of benzene rings is 1. The Hall–Kier alpha value is -1.32. The number of aliphatic hydroxyl groups is 1. The van der Waals surface area contributed by atoms with E-state index >= 15 is 0 Å². The molecule has 0 aliphatic rings. The smallest absolute Gasteiger partial charge is 0.124 e. The van der Waals surface area contributed by atoms with Crippen molar-refractivity contribution < 1.29 is 9.84 Å². The van der Waals surface area contributed by atoms with Gasteiger partial charge in [0.05, 0.1) is 13.2 Å². The van der Waals surface area contributed by atoms with Crippen LogP contribution in [0, 0.1) is 6.92 Å². The number of aryl methyl sites for hydroxylation is 1. The standard InChI is InChI=1S/C14H16O2S/c1-10-5-6-12(14(8-10)16-2)13(15)9-11-4-3-7-17-11/h3-8,13,15H,9H2,1-2H3. The minimum absolute atomic E-state index is 0.510. The average Bonchev–Trinajstić information content (AvgIpc) is 2.81. The molecule has 90 valence electrons. The monoisotopic (exact) mass is 248 g/mol. The second-order valence-corrected chi connectivity index (χ2v) is 5.08. The normalized spacial score (nSPS) is 12.4. The Labute approximate surface area is 105 Å². The van der Waals surface area contributed by atoms with Crippen LogP contribution in [0.15, 0.2) is 35.7 Å². The molecule has 0 aliphatic heterocycles. The van der Waals surface area contributed by atoms with E-state index in [0.717, 1.165) is 16.9 Å². The highest BCUT2D eigenvalue weighted by atomic mass is 32.1. The van der Waals surface area contributed by atoms with Gasteiger partial charge in [-0.2, -0.15) is 0 Å². The lowest BCUT2D eigenvalue weighted by atomic mass is 10.0. The molecule has 1 heterocycles. The second kappa shape index (κ2) is 5.34. The number of hydrogen-bond donors (Lipinski definition) is 1. The number of ether oxygens (including phenoxy) is 1. The molecule has 3 heteroatoms. The molecule has 2 nitrogen and oxygen atoms in total. The molecule has 1 atom stereocenters. The molecule has 0 fully saturated rings. The molecule has 2 rings (SSSR count). The van der Waals surface area contributed by atoms with Crippen molar-refractivity contribution in [3.05, 3.63) is 51.7 Å². The van der Waals surface area contributed by atoms with Gasteiger partial charge in [0.2, 0.25) is 0 Å². The van der Waals surface area contributed by atoms with Gasteiger partial charge in [0.1, 0.15) is 5.75 Å². The quantitative estimate of drug-likeness (QED) is 0.899. The SMILES string of the molecule is COc1cc(C)ccc1C(O)Cc1cccs1. The molecule has 0 saturated heterocycles. The topological polar surface area (TPSA) is 29.5 Å². The molecule has 17 heavy (non-hydrogen) atoms. The first kappa shape index (κ1) is 12.1. The molecular weight excluding hydrogens is 232 g/mol. The number of thiophene rings is 1. The van der Waals surface area contributed by atoms with Crippen LogP contribution in [-0.4, -0.2) is 12.2 Å². The second-order valence-electron chi connectivity index (χ2n) is 4.04. The van der Waals surface area contributed by atoms with Gasteiger partial charge in [-0.15, -0.1) is 11.3 Å². The molecule has 0 saturated carbocycles. The van der Waals surface area contributed by atoms with Crippen molar-refractivity contribution in [3.63, 3.8) is 0 Å². The molecule has 1 aromatic carbocycles. The summed E-state index contributed by atoms with van der Waals surface area (Å²) < 4.78 is 5.31. The highest BCUT2D eigenvalue weighted by Crippen LogP contribution is 2.29. The summed E-state index contributed by atoms with van der Waals surface area (Å²) >= 11 is 1.66. The third kappa shape index (κ3) is 2.87. The summed E-state index contributed by atoms with van der Waals surface area (Å²) in [7, 11) is 1.64. The summed E-state index contributed by atoms with van der Waals surface area (Å²) in [5.41, 5.74) is 1.99. The Bertz CT molecular complexity index is 477. The van der Waals surface area contributed by atoms with Crippen molar-refractivity contribution in [2.75, 3.05) is 7.11 Å². The number of rotatable bonds is 4. The van der Waals surface area contributed by atoms with Crippen molar-refractivity contribution in [3.8, 4) is 5.75 Å². The first-order valence-corrected chi connectivity index (χ1v) is 6.43. The lowest BCUT2D eigenvalue weighted by Gasteiger charge is -2.14. The van der Waals surface area contributed by atoms with Crippen LogP contribution in [0.25, 0.3) is 0 Å². The van der Waals surface area contributed by atoms with Gasteiger partial charge in [-0.1, -0.05) is 18.2 Å². The minimum Gasteiger partial charge on any atom is -0.496 e. The van der Waals surface area contributed by atoms with Crippen molar-refractivity contribution >= 4 is 11.3 Å². The summed E-state index contributed by atoms with van der Waals surface area (Å²) in [5.74, 6) is 0.758. The predicted octanol–water partition coefficient (Wildman–Crippen LogP) is 3.34. The lowest BCUT2D eigenvalue weighted by molar-refractivity contribution is 0.175. The van der Waals surface area contributed by atoms with Crippen molar-refractivity contribution in [1.82, 2.24) is 0 Å². The van der Waals surface area contributed by atoms with Crippen LogP contribution >= 0.6 is 11.3 Å². The van der Waals surface area contributed by atoms with Crippen LogP contribution in [0.2, 0.25) is 0 Å². The average molecular weight is 248 g/mol. The molecule has 1 unspecified atom stereocenters. The summed E-state index contributed by atoms with van der Waals surface area (Å²) in [5, 5.41) is 12.2. The van der Waals surface area contributed by atoms with Gasteiger partial charge in [0.25, 0.3) is 0 Å². The van der Waals surface area contributed by atoms with Crippen LogP contribution in [0.3, 0.4) is 0 Å². The summed E-state index contributed by atoms with van der Waals surface area (Å²) in [6.45, 7) is 2.01. The number of methoxy groups -OCH3 is 1. The maximum Gasteiger partial charge on any atom is 0.124 e. The van der Waals surface area contributed by atoms with E-state index in [-0.39, 0.29) is 0 Å². The van der Waals surface area contributed by atoms with Crippen molar-refractivity contribution in [1.29, 1.82) is 0 Å². The summed E-state index contributed by atoms with van der Waals surface area (Å²) in [6, 6.07) is 9.92. The molecule has 0 aliphatic carbocycles. The Morgan fingerprint density at radius 2 is 2.18 bits per heavy atom. The zero-order valence-electron chi connectivity index (χ0n) is 10.0. The fraction of sp³-hybridized carbons (Fsp3) is 0.286. The maximum atomic E-state index is 10.2. The van der Waals surface area contributed by atoms with E-state index in [4.69, 9.17) is 4.74 Å². The molecule has 2 aromatic rings. The van der Waals surface area contributed by atoms with Gasteiger partial charge in [-0.25, -0.2) is 0 Å².